The van der Waals surface area contributed by atoms with Gasteiger partial charge in [0.2, 0.25) is 0 Å². The van der Waals surface area contributed by atoms with E-state index in [1.54, 1.807) is 36.4 Å². The lowest BCUT2D eigenvalue weighted by Gasteiger charge is -2.14. The zero-order valence-electron chi connectivity index (χ0n) is 18.6. The van der Waals surface area contributed by atoms with Gasteiger partial charge < -0.3 is 14.8 Å². The molecular formula is C28H23Cl2NO3. The lowest BCUT2D eigenvalue weighted by Crippen LogP contribution is -2.13. The number of hydrogen-bond donors (Lipinski definition) is 1. The third-order valence-corrected chi connectivity index (χ3v) is 6.00. The lowest BCUT2D eigenvalue weighted by molar-refractivity contribution is 0.102. The van der Waals surface area contributed by atoms with Crippen LogP contribution in [0.1, 0.15) is 22.8 Å². The van der Waals surface area contributed by atoms with Crippen LogP contribution in [0.3, 0.4) is 0 Å². The average Bonchev–Trinajstić information content (AvgIpc) is 2.87. The lowest BCUT2D eigenvalue weighted by atomic mass is 10.1. The first-order valence-corrected chi connectivity index (χ1v) is 11.6. The van der Waals surface area contributed by atoms with Gasteiger partial charge in [0.15, 0.2) is 0 Å². The van der Waals surface area contributed by atoms with Gasteiger partial charge in [-0.2, -0.15) is 0 Å². The molecule has 0 aromatic heterocycles. The van der Waals surface area contributed by atoms with E-state index in [0.717, 1.165) is 22.4 Å². The fourth-order valence-corrected chi connectivity index (χ4v) is 3.81. The number of halogens is 2. The Balaban J connectivity index is 1.49. The minimum absolute atomic E-state index is 0.249. The van der Waals surface area contributed by atoms with Gasteiger partial charge >= 0.3 is 0 Å². The summed E-state index contributed by atoms with van der Waals surface area (Å²) in [5, 5.41) is 3.48. The van der Waals surface area contributed by atoms with Crippen molar-refractivity contribution in [3.63, 3.8) is 0 Å². The molecule has 1 amide bonds. The summed E-state index contributed by atoms with van der Waals surface area (Å²) in [6, 6.07) is 28.4. The first-order chi connectivity index (χ1) is 16.5. The summed E-state index contributed by atoms with van der Waals surface area (Å²) in [5.74, 6) is 1.09. The quantitative estimate of drug-likeness (QED) is 0.272. The number of amides is 1. The van der Waals surface area contributed by atoms with E-state index in [9.17, 15) is 4.79 Å². The van der Waals surface area contributed by atoms with E-state index in [2.05, 4.69) is 17.4 Å². The molecule has 0 radical (unpaired) electrons. The molecule has 4 rings (SSSR count). The summed E-state index contributed by atoms with van der Waals surface area (Å²) >= 11 is 12.3. The first-order valence-electron chi connectivity index (χ1n) is 10.8. The predicted octanol–water partition coefficient (Wildman–Crippen LogP) is 7.89. The summed E-state index contributed by atoms with van der Waals surface area (Å²) in [7, 11) is 0. The van der Waals surface area contributed by atoms with Gasteiger partial charge in [-0.25, -0.2) is 0 Å². The topological polar surface area (TPSA) is 47.6 Å². The number of carbonyl (C=O) groups is 1. The van der Waals surface area contributed by atoms with Crippen LogP contribution in [0.25, 0.3) is 11.1 Å². The number of rotatable bonds is 8. The van der Waals surface area contributed by atoms with E-state index in [0.29, 0.717) is 33.7 Å². The highest BCUT2D eigenvalue weighted by Gasteiger charge is 2.14. The molecule has 0 heterocycles. The number of carbonyl (C=O) groups excluding carboxylic acids is 1. The maximum absolute atomic E-state index is 12.9. The van der Waals surface area contributed by atoms with Crippen LogP contribution in [0.2, 0.25) is 10.0 Å². The van der Waals surface area contributed by atoms with Crippen LogP contribution in [-0.2, 0) is 6.61 Å². The van der Waals surface area contributed by atoms with E-state index in [1.165, 1.54) is 0 Å². The monoisotopic (exact) mass is 491 g/mol. The Kier molecular flexibility index (Phi) is 7.73. The SMILES string of the molecule is CCOc1ccc(C(=O)Nc2cccc(Cl)c2Cl)cc1COc1ccc(-c2ccccc2)cc1. The van der Waals surface area contributed by atoms with Gasteiger partial charge in [-0.3, -0.25) is 4.79 Å². The second-order valence-corrected chi connectivity index (χ2v) is 8.28. The van der Waals surface area contributed by atoms with Gasteiger partial charge in [-0.15, -0.1) is 0 Å². The van der Waals surface area contributed by atoms with Crippen LogP contribution in [-0.4, -0.2) is 12.5 Å². The number of anilines is 1. The molecule has 4 aromatic rings. The van der Waals surface area contributed by atoms with Crippen molar-refractivity contribution in [2.24, 2.45) is 0 Å². The average molecular weight is 492 g/mol. The largest absolute Gasteiger partial charge is 0.493 e. The molecule has 0 fully saturated rings. The van der Waals surface area contributed by atoms with Crippen molar-refractivity contribution < 1.29 is 14.3 Å². The van der Waals surface area contributed by atoms with Crippen molar-refractivity contribution in [1.82, 2.24) is 0 Å². The van der Waals surface area contributed by atoms with E-state index in [-0.39, 0.29) is 12.5 Å². The zero-order chi connectivity index (χ0) is 23.9. The highest BCUT2D eigenvalue weighted by molar-refractivity contribution is 6.44. The Labute approximate surface area is 209 Å². The molecule has 0 saturated heterocycles. The summed E-state index contributed by atoms with van der Waals surface area (Å²) in [4.78, 5) is 12.9. The highest BCUT2D eigenvalue weighted by Crippen LogP contribution is 2.30. The maximum atomic E-state index is 12.9. The van der Waals surface area contributed by atoms with Crippen molar-refractivity contribution >= 4 is 34.8 Å². The summed E-state index contributed by atoms with van der Waals surface area (Å²) in [6.45, 7) is 2.66. The van der Waals surface area contributed by atoms with Gasteiger partial charge in [-0.1, -0.05) is 71.7 Å². The molecule has 0 aliphatic heterocycles. The van der Waals surface area contributed by atoms with Crippen LogP contribution in [0.4, 0.5) is 5.69 Å². The fraction of sp³-hybridized carbons (Fsp3) is 0.107. The fourth-order valence-electron chi connectivity index (χ4n) is 3.46. The van der Waals surface area contributed by atoms with Gasteiger partial charge in [0.1, 0.15) is 18.1 Å². The summed E-state index contributed by atoms with van der Waals surface area (Å²) < 4.78 is 11.7. The molecule has 0 spiro atoms. The molecule has 172 valence electrons. The van der Waals surface area contributed by atoms with Crippen LogP contribution in [0, 0.1) is 0 Å². The van der Waals surface area contributed by atoms with E-state index in [4.69, 9.17) is 32.7 Å². The normalized spacial score (nSPS) is 10.6. The molecular weight excluding hydrogens is 469 g/mol. The minimum Gasteiger partial charge on any atom is -0.493 e. The predicted molar refractivity (Wildman–Crippen MR) is 138 cm³/mol. The third kappa shape index (κ3) is 5.71. The van der Waals surface area contributed by atoms with E-state index >= 15 is 0 Å². The molecule has 0 saturated carbocycles. The van der Waals surface area contributed by atoms with E-state index < -0.39 is 0 Å². The highest BCUT2D eigenvalue weighted by atomic mass is 35.5. The summed E-state index contributed by atoms with van der Waals surface area (Å²) in [5.41, 5.74) is 3.92. The van der Waals surface area contributed by atoms with Crippen LogP contribution < -0.4 is 14.8 Å². The molecule has 6 heteroatoms. The van der Waals surface area contributed by atoms with E-state index in [1.807, 2.05) is 49.4 Å². The second kappa shape index (κ2) is 11.1. The molecule has 4 aromatic carbocycles. The third-order valence-electron chi connectivity index (χ3n) is 5.18. The second-order valence-electron chi connectivity index (χ2n) is 7.49. The van der Waals surface area contributed by atoms with Crippen molar-refractivity contribution in [3.8, 4) is 22.6 Å². The zero-order valence-corrected chi connectivity index (χ0v) is 20.1. The Morgan fingerprint density at radius 1 is 0.824 bits per heavy atom. The Morgan fingerprint density at radius 2 is 1.56 bits per heavy atom. The molecule has 1 N–H and O–H groups in total. The van der Waals surface area contributed by atoms with Gasteiger partial charge in [0.05, 0.1) is 22.3 Å². The first kappa shape index (κ1) is 23.7. The van der Waals surface area contributed by atoms with Crippen molar-refractivity contribution in [2.45, 2.75) is 13.5 Å². The van der Waals surface area contributed by atoms with Crippen molar-refractivity contribution in [1.29, 1.82) is 0 Å². The van der Waals surface area contributed by atoms with Crippen molar-refractivity contribution in [2.75, 3.05) is 11.9 Å². The van der Waals surface area contributed by atoms with Crippen molar-refractivity contribution in [3.05, 3.63) is 112 Å². The molecule has 4 nitrogen and oxygen atoms in total. The summed E-state index contributed by atoms with van der Waals surface area (Å²) in [6.07, 6.45) is 0. The number of nitrogens with one attached hydrogen (secondary N) is 1. The Bertz CT molecular complexity index is 1270. The van der Waals surface area contributed by atoms with Gasteiger partial charge in [0.25, 0.3) is 5.91 Å². The number of benzene rings is 4. The smallest absolute Gasteiger partial charge is 0.255 e. The Hall–Kier alpha value is -3.47. The van der Waals surface area contributed by atoms with Crippen LogP contribution >= 0.6 is 23.2 Å². The molecule has 0 unspecified atom stereocenters. The standard InChI is InChI=1S/C28H23Cl2NO3/c1-2-33-26-16-13-21(28(32)31-25-10-6-9-24(29)27(25)30)17-22(26)18-34-23-14-11-20(12-15-23)19-7-4-3-5-8-19/h3-17H,2,18H2,1H3,(H,31,32). The molecule has 0 aliphatic carbocycles. The molecule has 34 heavy (non-hydrogen) atoms. The van der Waals surface area contributed by atoms with Gasteiger partial charge in [0, 0.05) is 11.1 Å². The van der Waals surface area contributed by atoms with Crippen LogP contribution in [0.15, 0.2) is 91.0 Å². The Morgan fingerprint density at radius 3 is 2.29 bits per heavy atom. The number of ether oxygens (including phenoxy) is 2. The molecule has 0 atom stereocenters. The van der Waals surface area contributed by atoms with Gasteiger partial charge in [-0.05, 0) is 60.5 Å². The van der Waals surface area contributed by atoms with Crippen LogP contribution in [0.5, 0.6) is 11.5 Å². The number of hydrogen-bond acceptors (Lipinski definition) is 3. The molecule has 0 bridgehead atoms. The minimum atomic E-state index is -0.305. The maximum Gasteiger partial charge on any atom is 0.255 e. The molecule has 0 aliphatic rings.